The maximum Gasteiger partial charge on any atom is 0.231 e. The monoisotopic (exact) mass is 270 g/mol. The minimum Gasteiger partial charge on any atom is -0.454 e. The van der Waals surface area contributed by atoms with Crippen molar-refractivity contribution in [3.63, 3.8) is 0 Å². The van der Waals surface area contributed by atoms with Gasteiger partial charge in [0, 0.05) is 5.56 Å². The lowest BCUT2D eigenvalue weighted by molar-refractivity contribution is 0.104. The van der Waals surface area contributed by atoms with E-state index in [2.05, 4.69) is 0 Å². The Balaban J connectivity index is 1.78. The molecule has 3 rings (SSSR count). The highest BCUT2D eigenvalue weighted by Crippen LogP contribution is 2.32. The molecule has 0 aliphatic carbocycles. The highest BCUT2D eigenvalue weighted by Gasteiger charge is 2.12. The Labute approximate surface area is 115 Å². The van der Waals surface area contributed by atoms with Gasteiger partial charge in [-0.15, -0.1) is 0 Å². The molecule has 0 spiro atoms. The first-order chi connectivity index (χ1) is 9.72. The van der Waals surface area contributed by atoms with Gasteiger partial charge in [0.2, 0.25) is 6.79 Å². The molecule has 0 radical (unpaired) electrons. The quantitative estimate of drug-likeness (QED) is 0.633. The second-order valence-corrected chi connectivity index (χ2v) is 4.32. The zero-order valence-corrected chi connectivity index (χ0v) is 10.5. The molecule has 2 aromatic rings. The second-order valence-electron chi connectivity index (χ2n) is 4.32. The van der Waals surface area contributed by atoms with Crippen LogP contribution in [0.3, 0.4) is 0 Å². The van der Waals surface area contributed by atoms with Gasteiger partial charge in [-0.1, -0.05) is 24.3 Å². The van der Waals surface area contributed by atoms with Crippen LogP contribution in [-0.2, 0) is 0 Å². The van der Waals surface area contributed by atoms with E-state index >= 15 is 0 Å². The summed E-state index contributed by atoms with van der Waals surface area (Å²) in [6.07, 6.45) is 3.07. The van der Waals surface area contributed by atoms with E-state index in [-0.39, 0.29) is 12.6 Å². The molecule has 4 heteroatoms. The molecule has 0 bridgehead atoms. The van der Waals surface area contributed by atoms with Gasteiger partial charge < -0.3 is 9.47 Å². The average Bonchev–Trinajstić information content (AvgIpc) is 2.92. The van der Waals surface area contributed by atoms with Crippen molar-refractivity contribution < 1.29 is 18.7 Å². The summed E-state index contributed by atoms with van der Waals surface area (Å²) >= 11 is 0. The molecule has 0 saturated carbocycles. The van der Waals surface area contributed by atoms with Crippen molar-refractivity contribution in [1.82, 2.24) is 0 Å². The number of benzene rings is 2. The molecule has 0 aromatic heterocycles. The number of rotatable bonds is 3. The van der Waals surface area contributed by atoms with Crippen molar-refractivity contribution in [2.24, 2.45) is 0 Å². The number of hydrogen-bond acceptors (Lipinski definition) is 3. The number of ether oxygens (including phenoxy) is 2. The molecule has 1 aliphatic heterocycles. The van der Waals surface area contributed by atoms with Gasteiger partial charge in [-0.05, 0) is 35.9 Å². The summed E-state index contributed by atoms with van der Waals surface area (Å²) < 4.78 is 23.5. The number of halogens is 1. The topological polar surface area (TPSA) is 35.5 Å². The molecule has 100 valence electrons. The van der Waals surface area contributed by atoms with Gasteiger partial charge in [-0.3, -0.25) is 4.79 Å². The maximum absolute atomic E-state index is 13.0. The van der Waals surface area contributed by atoms with Crippen molar-refractivity contribution in [2.45, 2.75) is 0 Å². The molecule has 0 saturated heterocycles. The molecular weight excluding hydrogens is 259 g/mol. The van der Waals surface area contributed by atoms with E-state index in [4.69, 9.17) is 9.47 Å². The van der Waals surface area contributed by atoms with Gasteiger partial charge >= 0.3 is 0 Å². The zero-order chi connectivity index (χ0) is 13.9. The molecule has 0 unspecified atom stereocenters. The fourth-order valence-corrected chi connectivity index (χ4v) is 1.93. The molecular formula is C16H11FO3. The molecule has 0 N–H and O–H groups in total. The Kier molecular flexibility index (Phi) is 3.21. The van der Waals surface area contributed by atoms with E-state index in [0.717, 1.165) is 5.56 Å². The minimum absolute atomic E-state index is 0.213. The molecule has 3 nitrogen and oxygen atoms in total. The smallest absolute Gasteiger partial charge is 0.231 e. The molecule has 2 aromatic carbocycles. The number of carbonyl (C=O) groups is 1. The Morgan fingerprint density at radius 1 is 1.10 bits per heavy atom. The van der Waals surface area contributed by atoms with Crippen LogP contribution in [0.15, 0.2) is 48.5 Å². The van der Waals surface area contributed by atoms with E-state index in [1.807, 2.05) is 6.07 Å². The molecule has 1 heterocycles. The SMILES string of the molecule is O=C(/C=C/c1ccc2c(c1)OCO2)c1cccc(F)c1. The zero-order valence-electron chi connectivity index (χ0n) is 10.5. The van der Waals surface area contributed by atoms with Gasteiger partial charge in [-0.2, -0.15) is 0 Å². The van der Waals surface area contributed by atoms with E-state index < -0.39 is 5.82 Å². The largest absolute Gasteiger partial charge is 0.454 e. The number of carbonyl (C=O) groups excluding carboxylic acids is 1. The van der Waals surface area contributed by atoms with Crippen molar-refractivity contribution in [3.8, 4) is 11.5 Å². The van der Waals surface area contributed by atoms with Crippen LogP contribution in [0.5, 0.6) is 11.5 Å². The standard InChI is InChI=1S/C16H11FO3/c17-13-3-1-2-12(9-13)14(18)6-4-11-5-7-15-16(8-11)20-10-19-15/h1-9H,10H2/b6-4+. The van der Waals surface area contributed by atoms with Crippen molar-refractivity contribution in [2.75, 3.05) is 6.79 Å². The maximum atomic E-state index is 13.0. The van der Waals surface area contributed by atoms with Gasteiger partial charge in [0.1, 0.15) is 5.82 Å². The van der Waals surface area contributed by atoms with E-state index in [1.54, 1.807) is 24.3 Å². The first kappa shape index (κ1) is 12.4. The first-order valence-corrected chi connectivity index (χ1v) is 6.10. The lowest BCUT2D eigenvalue weighted by Gasteiger charge is -1.98. The fraction of sp³-hybridized carbons (Fsp3) is 0.0625. The predicted molar refractivity (Wildman–Crippen MR) is 72.3 cm³/mol. The Morgan fingerprint density at radius 2 is 1.95 bits per heavy atom. The van der Waals surface area contributed by atoms with Crippen molar-refractivity contribution in [1.29, 1.82) is 0 Å². The van der Waals surface area contributed by atoms with E-state index in [1.165, 1.54) is 24.3 Å². The third kappa shape index (κ3) is 2.54. The summed E-state index contributed by atoms with van der Waals surface area (Å²) in [5, 5.41) is 0. The van der Waals surface area contributed by atoms with Gasteiger partial charge in [0.25, 0.3) is 0 Å². The fourth-order valence-electron chi connectivity index (χ4n) is 1.93. The van der Waals surface area contributed by atoms with E-state index in [0.29, 0.717) is 17.1 Å². The number of allylic oxidation sites excluding steroid dienone is 1. The average molecular weight is 270 g/mol. The van der Waals surface area contributed by atoms with Gasteiger partial charge in [-0.25, -0.2) is 4.39 Å². The number of hydrogen-bond donors (Lipinski definition) is 0. The highest BCUT2D eigenvalue weighted by atomic mass is 19.1. The van der Waals surface area contributed by atoms with Gasteiger partial charge in [0.15, 0.2) is 17.3 Å². The molecule has 0 atom stereocenters. The summed E-state index contributed by atoms with van der Waals surface area (Å²) in [4.78, 5) is 11.9. The second kappa shape index (κ2) is 5.17. The first-order valence-electron chi connectivity index (χ1n) is 6.10. The third-order valence-corrected chi connectivity index (χ3v) is 2.93. The molecule has 20 heavy (non-hydrogen) atoms. The lowest BCUT2D eigenvalue weighted by Crippen LogP contribution is -1.94. The van der Waals surface area contributed by atoms with Gasteiger partial charge in [0.05, 0.1) is 0 Å². The van der Waals surface area contributed by atoms with Crippen LogP contribution in [-0.4, -0.2) is 12.6 Å². The van der Waals surface area contributed by atoms with Crippen LogP contribution in [0.1, 0.15) is 15.9 Å². The van der Waals surface area contributed by atoms with Crippen LogP contribution >= 0.6 is 0 Å². The van der Waals surface area contributed by atoms with Crippen LogP contribution in [0.2, 0.25) is 0 Å². The predicted octanol–water partition coefficient (Wildman–Crippen LogP) is 3.45. The lowest BCUT2D eigenvalue weighted by atomic mass is 10.1. The summed E-state index contributed by atoms with van der Waals surface area (Å²) in [7, 11) is 0. The summed E-state index contributed by atoms with van der Waals surface area (Å²) in [6, 6.07) is 11.0. The van der Waals surface area contributed by atoms with Crippen molar-refractivity contribution in [3.05, 3.63) is 65.5 Å². The highest BCUT2D eigenvalue weighted by molar-refractivity contribution is 6.06. The summed E-state index contributed by atoms with van der Waals surface area (Å²) in [5.74, 6) is 0.679. The third-order valence-electron chi connectivity index (χ3n) is 2.93. The normalized spacial score (nSPS) is 12.8. The summed E-state index contributed by atoms with van der Waals surface area (Å²) in [5.41, 5.74) is 1.14. The Hall–Kier alpha value is -2.62. The number of ketones is 1. The van der Waals surface area contributed by atoms with Crippen LogP contribution in [0.4, 0.5) is 4.39 Å². The summed E-state index contributed by atoms with van der Waals surface area (Å²) in [6.45, 7) is 0.213. The minimum atomic E-state index is -0.424. The van der Waals surface area contributed by atoms with Crippen LogP contribution in [0.25, 0.3) is 6.08 Å². The van der Waals surface area contributed by atoms with Crippen LogP contribution in [0, 0.1) is 5.82 Å². The van der Waals surface area contributed by atoms with E-state index in [9.17, 15) is 9.18 Å². The number of fused-ring (bicyclic) bond motifs is 1. The van der Waals surface area contributed by atoms with Crippen molar-refractivity contribution >= 4 is 11.9 Å². The van der Waals surface area contributed by atoms with Crippen LogP contribution < -0.4 is 9.47 Å². The Morgan fingerprint density at radius 3 is 2.80 bits per heavy atom. The Bertz CT molecular complexity index is 692. The molecule has 1 aliphatic rings. The molecule has 0 amide bonds. The molecule has 0 fully saturated rings.